The Bertz CT molecular complexity index is 1040. The largest absolute Gasteiger partial charge is 0.478 e. The first-order valence-corrected chi connectivity index (χ1v) is 9.88. The number of anilines is 1. The van der Waals surface area contributed by atoms with E-state index in [2.05, 4.69) is 65.9 Å². The normalized spacial score (nSPS) is 15.6. The third kappa shape index (κ3) is 3.87. The van der Waals surface area contributed by atoms with E-state index in [0.29, 0.717) is 12.2 Å². The van der Waals surface area contributed by atoms with Crippen molar-refractivity contribution in [2.24, 2.45) is 0 Å². The summed E-state index contributed by atoms with van der Waals surface area (Å²) in [4.78, 5) is 15.5. The average molecular weight is 387 g/mol. The van der Waals surface area contributed by atoms with Crippen LogP contribution >= 0.6 is 0 Å². The van der Waals surface area contributed by atoms with Gasteiger partial charge in [0.15, 0.2) is 0 Å². The molecule has 1 atom stereocenters. The minimum atomic E-state index is -0.954. The quantitative estimate of drug-likeness (QED) is 0.606. The first-order valence-electron chi connectivity index (χ1n) is 9.88. The monoisotopic (exact) mass is 387 g/mol. The van der Waals surface area contributed by atoms with E-state index in [9.17, 15) is 9.90 Å². The molecule has 0 saturated heterocycles. The van der Waals surface area contributed by atoms with Crippen LogP contribution in [0.15, 0.2) is 54.9 Å². The molecule has 29 heavy (non-hydrogen) atoms. The van der Waals surface area contributed by atoms with Crippen LogP contribution in [0.25, 0.3) is 11.1 Å². The Labute approximate surface area is 170 Å². The first-order chi connectivity index (χ1) is 14.0. The summed E-state index contributed by atoms with van der Waals surface area (Å²) in [6.07, 6.45) is 4.05. The lowest BCUT2D eigenvalue weighted by atomic mass is 9.88. The molecule has 0 saturated carbocycles. The lowest BCUT2D eigenvalue weighted by molar-refractivity contribution is 0.0697. The number of benzene rings is 2. The van der Waals surface area contributed by atoms with E-state index in [-0.39, 0.29) is 11.6 Å². The maximum absolute atomic E-state index is 11.4. The Hall–Kier alpha value is -3.18. The lowest BCUT2D eigenvalue weighted by Gasteiger charge is -2.28. The number of hydrogen-bond acceptors (Lipinski definition) is 4. The van der Waals surface area contributed by atoms with Gasteiger partial charge >= 0.3 is 5.97 Å². The van der Waals surface area contributed by atoms with Crippen molar-refractivity contribution >= 4 is 11.7 Å². The van der Waals surface area contributed by atoms with Gasteiger partial charge in [-0.15, -0.1) is 0 Å². The summed E-state index contributed by atoms with van der Waals surface area (Å²) in [5.41, 5.74) is 8.53. The van der Waals surface area contributed by atoms with Gasteiger partial charge in [0.25, 0.3) is 0 Å². The number of carboxylic acid groups (broad SMARTS) is 1. The Kier molecular flexibility index (Phi) is 5.32. The predicted molar refractivity (Wildman–Crippen MR) is 115 cm³/mol. The van der Waals surface area contributed by atoms with Crippen LogP contribution in [0, 0.1) is 13.8 Å². The molecule has 5 nitrogen and oxygen atoms in total. The number of hydrogen-bond donors (Lipinski definition) is 3. The van der Waals surface area contributed by atoms with Crippen LogP contribution in [0.3, 0.4) is 0 Å². The van der Waals surface area contributed by atoms with Gasteiger partial charge in [-0.05, 0) is 66.3 Å². The number of aryl methyl sites for hydroxylation is 2. The van der Waals surface area contributed by atoms with E-state index < -0.39 is 5.97 Å². The summed E-state index contributed by atoms with van der Waals surface area (Å²) in [6.45, 7) is 5.81. The second kappa shape index (κ2) is 8.05. The molecule has 0 fully saturated rings. The number of carboxylic acids is 1. The van der Waals surface area contributed by atoms with Gasteiger partial charge in [0, 0.05) is 18.8 Å². The maximum Gasteiger partial charge on any atom is 0.337 e. The highest BCUT2D eigenvalue weighted by Crippen LogP contribution is 2.32. The SMILES string of the molecule is Cc1cccc(C)c1-c1ccc2c(c1)CCNC2CNc1cnccc1C(=O)O. The van der Waals surface area contributed by atoms with Gasteiger partial charge in [-0.2, -0.15) is 0 Å². The van der Waals surface area contributed by atoms with Crippen molar-refractivity contribution in [3.05, 3.63) is 82.7 Å². The van der Waals surface area contributed by atoms with Gasteiger partial charge in [-0.3, -0.25) is 4.98 Å². The summed E-state index contributed by atoms with van der Waals surface area (Å²) in [7, 11) is 0. The summed E-state index contributed by atoms with van der Waals surface area (Å²) in [5, 5.41) is 16.2. The molecule has 0 amide bonds. The predicted octanol–water partition coefficient (Wildman–Crippen LogP) is 4.36. The second-order valence-electron chi connectivity index (χ2n) is 7.54. The fraction of sp³-hybridized carbons (Fsp3) is 0.250. The van der Waals surface area contributed by atoms with E-state index in [0.717, 1.165) is 13.0 Å². The van der Waals surface area contributed by atoms with Gasteiger partial charge in [0.2, 0.25) is 0 Å². The van der Waals surface area contributed by atoms with E-state index in [4.69, 9.17) is 0 Å². The molecule has 1 aromatic heterocycles. The minimum absolute atomic E-state index is 0.118. The topological polar surface area (TPSA) is 74.2 Å². The maximum atomic E-state index is 11.4. The van der Waals surface area contributed by atoms with Gasteiger partial charge < -0.3 is 15.7 Å². The molecular formula is C24H25N3O2. The highest BCUT2D eigenvalue weighted by Gasteiger charge is 2.21. The Balaban J connectivity index is 1.59. The number of rotatable bonds is 5. The van der Waals surface area contributed by atoms with Crippen molar-refractivity contribution in [2.75, 3.05) is 18.4 Å². The van der Waals surface area contributed by atoms with E-state index >= 15 is 0 Å². The van der Waals surface area contributed by atoms with Crippen molar-refractivity contribution < 1.29 is 9.90 Å². The van der Waals surface area contributed by atoms with Crippen molar-refractivity contribution in [3.8, 4) is 11.1 Å². The zero-order chi connectivity index (χ0) is 20.4. The Morgan fingerprint density at radius 1 is 1.21 bits per heavy atom. The summed E-state index contributed by atoms with van der Waals surface area (Å²) in [6, 6.07) is 14.8. The molecule has 2 aromatic carbocycles. The molecule has 5 heteroatoms. The standard InChI is InChI=1S/C24H25N3O2/c1-15-4-3-5-16(2)23(15)18-6-7-19-17(12-18)8-11-26-22(19)14-27-21-13-25-10-9-20(21)24(28)29/h3-7,9-10,12-13,22,26-27H,8,11,14H2,1-2H3,(H,28,29). The van der Waals surface area contributed by atoms with Crippen LogP contribution in [0.1, 0.15) is 38.7 Å². The molecule has 0 bridgehead atoms. The fourth-order valence-electron chi connectivity index (χ4n) is 4.19. The Morgan fingerprint density at radius 2 is 2.00 bits per heavy atom. The molecule has 148 valence electrons. The van der Waals surface area contributed by atoms with Gasteiger partial charge in [0.1, 0.15) is 0 Å². The minimum Gasteiger partial charge on any atom is -0.478 e. The summed E-state index contributed by atoms with van der Waals surface area (Å²) >= 11 is 0. The zero-order valence-corrected chi connectivity index (χ0v) is 16.7. The van der Waals surface area contributed by atoms with E-state index in [1.165, 1.54) is 45.6 Å². The summed E-state index contributed by atoms with van der Waals surface area (Å²) in [5.74, 6) is -0.954. The van der Waals surface area contributed by atoms with Crippen LogP contribution in [-0.2, 0) is 6.42 Å². The molecule has 0 spiro atoms. The van der Waals surface area contributed by atoms with Crippen molar-refractivity contribution in [1.29, 1.82) is 0 Å². The number of aromatic carboxylic acids is 1. The van der Waals surface area contributed by atoms with Crippen molar-refractivity contribution in [1.82, 2.24) is 10.3 Å². The molecule has 3 aromatic rings. The van der Waals surface area contributed by atoms with Gasteiger partial charge in [0.05, 0.1) is 17.4 Å². The first kappa shape index (κ1) is 19.2. The van der Waals surface area contributed by atoms with Crippen LogP contribution in [-0.4, -0.2) is 29.1 Å². The number of pyridine rings is 1. The van der Waals surface area contributed by atoms with E-state index in [1.54, 1.807) is 6.20 Å². The molecule has 1 unspecified atom stereocenters. The van der Waals surface area contributed by atoms with Gasteiger partial charge in [-0.25, -0.2) is 4.79 Å². The molecule has 3 N–H and O–H groups in total. The molecular weight excluding hydrogens is 362 g/mol. The highest BCUT2D eigenvalue weighted by atomic mass is 16.4. The van der Waals surface area contributed by atoms with Crippen LogP contribution < -0.4 is 10.6 Å². The van der Waals surface area contributed by atoms with Crippen molar-refractivity contribution in [3.63, 3.8) is 0 Å². The average Bonchev–Trinajstić information content (AvgIpc) is 2.72. The smallest absolute Gasteiger partial charge is 0.337 e. The third-order valence-corrected chi connectivity index (χ3v) is 5.62. The molecule has 1 aliphatic rings. The third-order valence-electron chi connectivity index (χ3n) is 5.62. The van der Waals surface area contributed by atoms with E-state index in [1.807, 2.05) is 0 Å². The van der Waals surface area contributed by atoms with Gasteiger partial charge in [-0.1, -0.05) is 36.4 Å². The Morgan fingerprint density at radius 3 is 2.76 bits per heavy atom. The van der Waals surface area contributed by atoms with Crippen LogP contribution in [0.5, 0.6) is 0 Å². The molecule has 4 rings (SSSR count). The van der Waals surface area contributed by atoms with Crippen LogP contribution in [0.4, 0.5) is 5.69 Å². The fourth-order valence-corrected chi connectivity index (χ4v) is 4.19. The highest BCUT2D eigenvalue weighted by molar-refractivity contribution is 5.93. The second-order valence-corrected chi connectivity index (χ2v) is 7.54. The number of carbonyl (C=O) groups is 1. The molecule has 0 aliphatic carbocycles. The molecule has 1 aliphatic heterocycles. The number of aromatic nitrogens is 1. The van der Waals surface area contributed by atoms with Crippen LogP contribution in [0.2, 0.25) is 0 Å². The number of fused-ring (bicyclic) bond motifs is 1. The molecule has 0 radical (unpaired) electrons. The lowest BCUT2D eigenvalue weighted by Crippen LogP contribution is -2.34. The number of nitrogens with zero attached hydrogens (tertiary/aromatic N) is 1. The molecule has 2 heterocycles. The zero-order valence-electron chi connectivity index (χ0n) is 16.7. The van der Waals surface area contributed by atoms with Crippen molar-refractivity contribution in [2.45, 2.75) is 26.3 Å². The number of nitrogens with one attached hydrogen (secondary N) is 2. The summed E-state index contributed by atoms with van der Waals surface area (Å²) < 4.78 is 0.